The first kappa shape index (κ1) is 12.9. The van der Waals surface area contributed by atoms with E-state index in [9.17, 15) is 4.79 Å². The third-order valence-electron chi connectivity index (χ3n) is 3.80. The molecule has 20 heavy (non-hydrogen) atoms. The highest BCUT2D eigenvalue weighted by Gasteiger charge is 2.22. The maximum absolute atomic E-state index is 12.6. The van der Waals surface area contributed by atoms with Crippen molar-refractivity contribution in [1.29, 1.82) is 0 Å². The van der Waals surface area contributed by atoms with Crippen LogP contribution < -0.4 is 4.90 Å². The molecule has 0 bridgehead atoms. The summed E-state index contributed by atoms with van der Waals surface area (Å²) in [6, 6.07) is 10.2. The van der Waals surface area contributed by atoms with E-state index in [1.165, 1.54) is 5.56 Å². The van der Waals surface area contributed by atoms with Crippen molar-refractivity contribution in [1.82, 2.24) is 9.78 Å². The zero-order valence-corrected chi connectivity index (χ0v) is 12.0. The monoisotopic (exact) mass is 269 g/mol. The minimum absolute atomic E-state index is 0.114. The number of rotatable bonds is 2. The van der Waals surface area contributed by atoms with Gasteiger partial charge in [0.05, 0.1) is 5.69 Å². The summed E-state index contributed by atoms with van der Waals surface area (Å²) >= 11 is 0. The zero-order valence-electron chi connectivity index (χ0n) is 12.0. The van der Waals surface area contributed by atoms with Crippen LogP contribution in [-0.4, -0.2) is 22.2 Å². The first-order chi connectivity index (χ1) is 9.65. The molecule has 0 saturated heterocycles. The van der Waals surface area contributed by atoms with E-state index in [0.717, 1.165) is 36.5 Å². The van der Waals surface area contributed by atoms with Crippen LogP contribution in [0.5, 0.6) is 0 Å². The normalized spacial score (nSPS) is 14.2. The Balaban J connectivity index is 1.83. The Bertz CT molecular complexity index is 645. The summed E-state index contributed by atoms with van der Waals surface area (Å²) in [4.78, 5) is 14.5. The van der Waals surface area contributed by atoms with Gasteiger partial charge in [-0.15, -0.1) is 0 Å². The maximum Gasteiger partial charge on any atom is 0.248 e. The number of benzene rings is 1. The molecule has 2 heterocycles. The van der Waals surface area contributed by atoms with Gasteiger partial charge in [0, 0.05) is 17.9 Å². The molecule has 1 amide bonds. The van der Waals surface area contributed by atoms with Crippen LogP contribution in [0.3, 0.4) is 0 Å². The molecule has 1 aromatic heterocycles. The van der Waals surface area contributed by atoms with Gasteiger partial charge in [0.15, 0.2) is 0 Å². The van der Waals surface area contributed by atoms with E-state index in [0.29, 0.717) is 6.54 Å². The lowest BCUT2D eigenvalue weighted by Gasteiger charge is -2.29. The molecule has 4 heteroatoms. The van der Waals surface area contributed by atoms with Gasteiger partial charge in [0.2, 0.25) is 5.91 Å². The number of carbonyl (C=O) groups is 1. The molecule has 1 aliphatic heterocycles. The minimum Gasteiger partial charge on any atom is -0.311 e. The van der Waals surface area contributed by atoms with E-state index in [1.54, 1.807) is 4.68 Å². The van der Waals surface area contributed by atoms with Gasteiger partial charge in [-0.05, 0) is 44.4 Å². The molecule has 0 aliphatic carbocycles. The van der Waals surface area contributed by atoms with Crippen LogP contribution >= 0.6 is 0 Å². The summed E-state index contributed by atoms with van der Waals surface area (Å²) in [5.74, 6) is 0.114. The molecule has 1 aromatic carbocycles. The highest BCUT2D eigenvalue weighted by Crippen LogP contribution is 2.26. The predicted molar refractivity (Wildman–Crippen MR) is 78.8 cm³/mol. The first-order valence-electron chi connectivity index (χ1n) is 7.04. The molecular formula is C16H19N3O. The van der Waals surface area contributed by atoms with Gasteiger partial charge in [-0.25, -0.2) is 0 Å². The van der Waals surface area contributed by atoms with Crippen LogP contribution in [0.15, 0.2) is 30.3 Å². The summed E-state index contributed by atoms with van der Waals surface area (Å²) < 4.78 is 1.79. The van der Waals surface area contributed by atoms with Gasteiger partial charge in [-0.2, -0.15) is 5.10 Å². The van der Waals surface area contributed by atoms with Crippen molar-refractivity contribution < 1.29 is 4.79 Å². The van der Waals surface area contributed by atoms with Gasteiger partial charge >= 0.3 is 0 Å². The molecule has 1 aliphatic rings. The second-order valence-electron chi connectivity index (χ2n) is 5.36. The van der Waals surface area contributed by atoms with Crippen molar-refractivity contribution in [3.05, 3.63) is 47.3 Å². The SMILES string of the molecule is Cc1cc(C)n(CC(=O)N2CCCc3ccccc32)n1. The van der Waals surface area contributed by atoms with Gasteiger partial charge in [-0.3, -0.25) is 9.48 Å². The number of carbonyl (C=O) groups excluding carboxylic acids is 1. The number of anilines is 1. The smallest absolute Gasteiger partial charge is 0.248 e. The summed E-state index contributed by atoms with van der Waals surface area (Å²) in [5.41, 5.74) is 4.31. The molecule has 0 unspecified atom stereocenters. The Labute approximate surface area is 119 Å². The Kier molecular flexibility index (Phi) is 3.30. The highest BCUT2D eigenvalue weighted by atomic mass is 16.2. The molecule has 3 rings (SSSR count). The summed E-state index contributed by atoms with van der Waals surface area (Å²) in [5, 5.41) is 4.37. The quantitative estimate of drug-likeness (QED) is 0.840. The van der Waals surface area contributed by atoms with Crippen LogP contribution in [0.2, 0.25) is 0 Å². The number of amides is 1. The maximum atomic E-state index is 12.6. The largest absolute Gasteiger partial charge is 0.311 e. The third-order valence-corrected chi connectivity index (χ3v) is 3.80. The Morgan fingerprint density at radius 3 is 2.85 bits per heavy atom. The molecule has 2 aromatic rings. The number of aryl methyl sites for hydroxylation is 3. The second-order valence-corrected chi connectivity index (χ2v) is 5.36. The van der Waals surface area contributed by atoms with Gasteiger partial charge in [-0.1, -0.05) is 18.2 Å². The number of aromatic nitrogens is 2. The number of nitrogens with zero attached hydrogens (tertiary/aromatic N) is 3. The molecule has 0 atom stereocenters. The third kappa shape index (κ3) is 2.33. The second kappa shape index (κ2) is 5.12. The predicted octanol–water partition coefficient (Wildman–Crippen LogP) is 2.48. The van der Waals surface area contributed by atoms with Crippen LogP contribution in [0.25, 0.3) is 0 Å². The molecule has 0 fully saturated rings. The standard InChI is InChI=1S/C16H19N3O/c1-12-10-13(2)19(17-12)11-16(20)18-9-5-7-14-6-3-4-8-15(14)18/h3-4,6,8,10H,5,7,9,11H2,1-2H3. The van der Waals surface area contributed by atoms with Crippen LogP contribution in [-0.2, 0) is 17.8 Å². The first-order valence-corrected chi connectivity index (χ1v) is 7.04. The van der Waals surface area contributed by atoms with Crippen molar-refractivity contribution in [2.45, 2.75) is 33.2 Å². The van der Waals surface area contributed by atoms with Crippen LogP contribution in [0.1, 0.15) is 23.4 Å². The molecular weight excluding hydrogens is 250 g/mol. The van der Waals surface area contributed by atoms with Crippen molar-refractivity contribution in [2.75, 3.05) is 11.4 Å². The molecule has 0 radical (unpaired) electrons. The topological polar surface area (TPSA) is 38.1 Å². The Morgan fingerprint density at radius 2 is 2.10 bits per heavy atom. The average Bonchev–Trinajstić information content (AvgIpc) is 2.76. The zero-order chi connectivity index (χ0) is 14.1. The molecule has 0 saturated carbocycles. The number of para-hydroxylation sites is 1. The van der Waals surface area contributed by atoms with Gasteiger partial charge in [0.1, 0.15) is 6.54 Å². The number of hydrogen-bond donors (Lipinski definition) is 0. The minimum atomic E-state index is 0.114. The average molecular weight is 269 g/mol. The Morgan fingerprint density at radius 1 is 1.30 bits per heavy atom. The molecule has 0 spiro atoms. The lowest BCUT2D eigenvalue weighted by Crippen LogP contribution is -2.38. The fourth-order valence-corrected chi connectivity index (χ4v) is 2.84. The lowest BCUT2D eigenvalue weighted by molar-refractivity contribution is -0.119. The molecule has 104 valence electrons. The van der Waals surface area contributed by atoms with Crippen molar-refractivity contribution in [3.8, 4) is 0 Å². The lowest BCUT2D eigenvalue weighted by atomic mass is 10.0. The van der Waals surface area contributed by atoms with Crippen LogP contribution in [0.4, 0.5) is 5.69 Å². The highest BCUT2D eigenvalue weighted by molar-refractivity contribution is 5.94. The van der Waals surface area contributed by atoms with E-state index >= 15 is 0 Å². The summed E-state index contributed by atoms with van der Waals surface area (Å²) in [6.45, 7) is 5.05. The van der Waals surface area contributed by atoms with E-state index in [2.05, 4.69) is 11.2 Å². The van der Waals surface area contributed by atoms with Crippen LogP contribution in [0, 0.1) is 13.8 Å². The number of hydrogen-bond acceptors (Lipinski definition) is 2. The van der Waals surface area contributed by atoms with E-state index in [4.69, 9.17) is 0 Å². The summed E-state index contributed by atoms with van der Waals surface area (Å²) in [6.07, 6.45) is 2.08. The van der Waals surface area contributed by atoms with E-state index < -0.39 is 0 Å². The fraction of sp³-hybridized carbons (Fsp3) is 0.375. The molecule has 4 nitrogen and oxygen atoms in total. The van der Waals surface area contributed by atoms with Crippen molar-refractivity contribution >= 4 is 11.6 Å². The van der Waals surface area contributed by atoms with Crippen molar-refractivity contribution in [2.24, 2.45) is 0 Å². The number of fused-ring (bicyclic) bond motifs is 1. The van der Waals surface area contributed by atoms with E-state index in [1.807, 2.05) is 43.0 Å². The fourth-order valence-electron chi connectivity index (χ4n) is 2.84. The molecule has 0 N–H and O–H groups in total. The van der Waals surface area contributed by atoms with Gasteiger partial charge < -0.3 is 4.90 Å². The van der Waals surface area contributed by atoms with Crippen molar-refractivity contribution in [3.63, 3.8) is 0 Å². The Hall–Kier alpha value is -2.10. The van der Waals surface area contributed by atoms with E-state index in [-0.39, 0.29) is 5.91 Å². The van der Waals surface area contributed by atoms with Gasteiger partial charge in [0.25, 0.3) is 0 Å². The summed E-state index contributed by atoms with van der Waals surface area (Å²) in [7, 11) is 0.